The lowest BCUT2D eigenvalue weighted by Crippen LogP contribution is -2.45. The van der Waals surface area contributed by atoms with Crippen LogP contribution in [0.1, 0.15) is 221 Å². The van der Waals surface area contributed by atoms with E-state index in [1.165, 1.54) is 167 Å². The molecule has 1 amide bonds. The fraction of sp³-hybridized carbons (Fsp3) is 0.978. The Balaban J connectivity index is 4.24. The van der Waals surface area contributed by atoms with Crippen LogP contribution in [0.25, 0.3) is 0 Å². The van der Waals surface area contributed by atoms with Gasteiger partial charge in [0, 0.05) is 26.9 Å². The molecule has 0 atom stereocenters. The van der Waals surface area contributed by atoms with Crippen LogP contribution in [0.2, 0.25) is 0 Å². The molecule has 0 bridgehead atoms. The molecule has 0 unspecified atom stereocenters. The van der Waals surface area contributed by atoms with Crippen LogP contribution in [0.5, 0.6) is 0 Å². The maximum Gasteiger partial charge on any atom is 0.407 e. The smallest absolute Gasteiger partial charge is 0.407 e. The highest BCUT2D eigenvalue weighted by Gasteiger charge is 2.26. The normalized spacial score (nSPS) is 12.2. The molecule has 0 heterocycles. The molecule has 0 radical (unpaired) electrons. The van der Waals surface area contributed by atoms with Gasteiger partial charge in [0.05, 0.1) is 31.0 Å². The predicted octanol–water partition coefficient (Wildman–Crippen LogP) is 13.3. The van der Waals surface area contributed by atoms with E-state index in [-0.39, 0.29) is 0 Å². The molecule has 0 aliphatic carbocycles. The Morgan fingerprint density at radius 2 is 0.827 bits per heavy atom. The van der Waals surface area contributed by atoms with E-state index in [0.717, 1.165) is 12.8 Å². The second-order valence-electron chi connectivity index (χ2n) is 16.7. The second-order valence-corrected chi connectivity index (χ2v) is 16.7. The first-order valence-electron chi connectivity index (χ1n) is 22.4. The average Bonchev–Trinajstić information content (AvgIpc) is 3.12. The monoisotopic (exact) mass is 742 g/mol. The minimum Gasteiger partial charge on any atom is -0.441 e. The van der Waals surface area contributed by atoms with Gasteiger partial charge in [-0.3, -0.25) is 0 Å². The van der Waals surface area contributed by atoms with E-state index >= 15 is 0 Å². The maximum atomic E-state index is 12.8. The van der Waals surface area contributed by atoms with Gasteiger partial charge in [0.1, 0.15) is 0 Å². The second kappa shape index (κ2) is 37.1. The fourth-order valence-electron chi connectivity index (χ4n) is 6.30. The van der Waals surface area contributed by atoms with Crippen LogP contribution < -0.4 is 5.32 Å². The summed E-state index contributed by atoms with van der Waals surface area (Å²) in [6, 6.07) is 0. The highest BCUT2D eigenvalue weighted by atomic mass is 16.6. The zero-order valence-electron chi connectivity index (χ0n) is 36.1. The van der Waals surface area contributed by atoms with Crippen molar-refractivity contribution < 1.29 is 28.5 Å². The van der Waals surface area contributed by atoms with Gasteiger partial charge in [-0.2, -0.15) is 0 Å². The van der Waals surface area contributed by atoms with Crippen LogP contribution in [0.3, 0.4) is 0 Å². The number of alkyl carbamates (subject to hydrolysis) is 1. The van der Waals surface area contributed by atoms with Crippen LogP contribution in [0.4, 0.5) is 4.79 Å². The SMILES string of the molecule is CCCCCCCCCCCCCCCCOCC(COCCCCCCCCCCCCCCCC)OC(=O)NCC(C)(C)OCC(C)(C)OC. The zero-order valence-corrected chi connectivity index (χ0v) is 36.1. The van der Waals surface area contributed by atoms with Crippen molar-refractivity contribution in [2.75, 3.05) is 46.7 Å². The minimum atomic E-state index is -0.556. The summed E-state index contributed by atoms with van der Waals surface area (Å²) in [5.41, 5.74) is -0.948. The van der Waals surface area contributed by atoms with Crippen molar-refractivity contribution in [3.05, 3.63) is 0 Å². The molecule has 0 saturated heterocycles. The third-order valence-electron chi connectivity index (χ3n) is 10.2. The molecule has 0 spiro atoms. The first kappa shape index (κ1) is 51.1. The number of unbranched alkanes of at least 4 members (excludes halogenated alkanes) is 26. The molecule has 0 fully saturated rings. The topological polar surface area (TPSA) is 75.3 Å². The number of carbonyl (C=O) groups excluding carboxylic acids is 1. The van der Waals surface area contributed by atoms with Gasteiger partial charge in [-0.15, -0.1) is 0 Å². The summed E-state index contributed by atoms with van der Waals surface area (Å²) in [4.78, 5) is 12.8. The third kappa shape index (κ3) is 37.4. The molecular weight excluding hydrogens is 650 g/mol. The molecular formula is C45H91NO6. The lowest BCUT2D eigenvalue weighted by Gasteiger charge is -2.31. The third-order valence-corrected chi connectivity index (χ3v) is 10.2. The van der Waals surface area contributed by atoms with Crippen LogP contribution in [-0.4, -0.2) is 70.1 Å². The molecule has 7 heteroatoms. The summed E-state index contributed by atoms with van der Waals surface area (Å²) in [6.07, 6.45) is 36.6. The van der Waals surface area contributed by atoms with Crippen molar-refractivity contribution in [1.29, 1.82) is 0 Å². The summed E-state index contributed by atoms with van der Waals surface area (Å²) >= 11 is 0. The summed E-state index contributed by atoms with van der Waals surface area (Å²) in [5, 5.41) is 2.88. The number of amides is 1. The number of rotatable bonds is 41. The van der Waals surface area contributed by atoms with E-state index in [4.69, 9.17) is 23.7 Å². The Morgan fingerprint density at radius 3 is 1.15 bits per heavy atom. The standard InChI is InChI=1S/C45H91NO6/c1-8-10-12-14-16-18-20-22-24-26-28-30-32-34-36-49-38-42(52-43(47)46-40-44(3,4)51-41-45(5,6)48-7)39-50-37-35-33-31-29-27-25-23-21-19-17-15-13-11-9-2/h42H,8-41H2,1-7H3,(H,46,47). The Hall–Kier alpha value is -0.890. The van der Waals surface area contributed by atoms with E-state index in [0.29, 0.717) is 39.6 Å². The fourth-order valence-corrected chi connectivity index (χ4v) is 6.30. The number of nitrogens with one attached hydrogen (secondary N) is 1. The Kier molecular flexibility index (Phi) is 36.4. The molecule has 52 heavy (non-hydrogen) atoms. The maximum absolute atomic E-state index is 12.8. The Labute approximate surface area is 324 Å². The molecule has 0 aliphatic rings. The quantitative estimate of drug-likeness (QED) is 0.0629. The largest absolute Gasteiger partial charge is 0.441 e. The van der Waals surface area contributed by atoms with Crippen LogP contribution in [0.15, 0.2) is 0 Å². The van der Waals surface area contributed by atoms with Crippen molar-refractivity contribution >= 4 is 6.09 Å². The van der Waals surface area contributed by atoms with Crippen molar-refractivity contribution in [3.8, 4) is 0 Å². The molecule has 1 N–H and O–H groups in total. The first-order valence-corrected chi connectivity index (χ1v) is 22.4. The van der Waals surface area contributed by atoms with E-state index < -0.39 is 23.4 Å². The van der Waals surface area contributed by atoms with Crippen molar-refractivity contribution in [1.82, 2.24) is 5.32 Å². The molecule has 0 aromatic carbocycles. The van der Waals surface area contributed by atoms with E-state index in [1.807, 2.05) is 27.7 Å². The molecule has 0 aliphatic heterocycles. The van der Waals surface area contributed by atoms with Gasteiger partial charge in [0.2, 0.25) is 0 Å². The number of ether oxygens (including phenoxy) is 5. The van der Waals surface area contributed by atoms with E-state index in [2.05, 4.69) is 19.2 Å². The zero-order chi connectivity index (χ0) is 38.4. The van der Waals surface area contributed by atoms with Gasteiger partial charge in [0.25, 0.3) is 0 Å². The van der Waals surface area contributed by atoms with Crippen LogP contribution in [0, 0.1) is 0 Å². The number of hydrogen-bond acceptors (Lipinski definition) is 6. The molecule has 0 aromatic rings. The molecule has 7 nitrogen and oxygen atoms in total. The Morgan fingerprint density at radius 1 is 0.500 bits per heavy atom. The lowest BCUT2D eigenvalue weighted by atomic mass is 10.0. The lowest BCUT2D eigenvalue weighted by molar-refractivity contribution is -0.105. The van der Waals surface area contributed by atoms with Crippen LogP contribution in [-0.2, 0) is 23.7 Å². The average molecular weight is 742 g/mol. The minimum absolute atomic E-state index is 0.332. The van der Waals surface area contributed by atoms with Gasteiger partial charge in [0.15, 0.2) is 6.10 Å². The van der Waals surface area contributed by atoms with Gasteiger partial charge in [-0.1, -0.05) is 181 Å². The summed E-state index contributed by atoms with van der Waals surface area (Å²) < 4.78 is 29.3. The molecule has 0 aromatic heterocycles. The molecule has 0 rings (SSSR count). The molecule has 0 saturated carbocycles. The summed E-state index contributed by atoms with van der Waals surface area (Å²) in [5.74, 6) is 0. The van der Waals surface area contributed by atoms with E-state index in [1.54, 1.807) is 7.11 Å². The van der Waals surface area contributed by atoms with Gasteiger partial charge in [-0.05, 0) is 40.5 Å². The number of methoxy groups -OCH3 is 1. The highest BCUT2D eigenvalue weighted by Crippen LogP contribution is 2.17. The first-order chi connectivity index (χ1) is 25.2. The summed E-state index contributed by atoms with van der Waals surface area (Å²) in [6.45, 7) is 15.3. The van der Waals surface area contributed by atoms with Gasteiger partial charge < -0.3 is 29.0 Å². The van der Waals surface area contributed by atoms with Gasteiger partial charge >= 0.3 is 6.09 Å². The Bertz CT molecular complexity index is 709. The van der Waals surface area contributed by atoms with E-state index in [9.17, 15) is 4.79 Å². The highest BCUT2D eigenvalue weighted by molar-refractivity contribution is 5.67. The predicted molar refractivity (Wildman–Crippen MR) is 222 cm³/mol. The molecule has 312 valence electrons. The summed E-state index contributed by atoms with van der Waals surface area (Å²) in [7, 11) is 1.68. The van der Waals surface area contributed by atoms with Crippen molar-refractivity contribution in [2.24, 2.45) is 0 Å². The van der Waals surface area contributed by atoms with Crippen molar-refractivity contribution in [3.63, 3.8) is 0 Å². The number of hydrogen-bond donors (Lipinski definition) is 1. The number of carbonyl (C=O) groups is 1. The van der Waals surface area contributed by atoms with Gasteiger partial charge in [-0.25, -0.2) is 4.79 Å². The van der Waals surface area contributed by atoms with Crippen LogP contribution >= 0.6 is 0 Å². The van der Waals surface area contributed by atoms with Crippen molar-refractivity contribution in [2.45, 2.75) is 239 Å².